The first-order chi connectivity index (χ1) is 7.70. The second-order valence-corrected chi connectivity index (χ2v) is 6.03. The average Bonchev–Trinajstić information content (AvgIpc) is 2.74. The number of fused-ring (bicyclic) bond motifs is 2. The number of nitrogens with one attached hydrogen (secondary N) is 1. The molecule has 3 nitrogen and oxygen atoms in total. The van der Waals surface area contributed by atoms with Crippen LogP contribution in [0.1, 0.15) is 32.6 Å². The van der Waals surface area contributed by atoms with Crippen molar-refractivity contribution in [2.75, 3.05) is 6.61 Å². The van der Waals surface area contributed by atoms with Crippen LogP contribution in [0.2, 0.25) is 0 Å². The summed E-state index contributed by atoms with van der Waals surface area (Å²) < 4.78 is 0. The Labute approximate surface area is 96.6 Å². The van der Waals surface area contributed by atoms with Crippen LogP contribution in [-0.2, 0) is 4.79 Å². The lowest BCUT2D eigenvalue weighted by atomic mass is 9.85. The van der Waals surface area contributed by atoms with Crippen molar-refractivity contribution in [1.82, 2.24) is 5.32 Å². The van der Waals surface area contributed by atoms with Gasteiger partial charge in [-0.25, -0.2) is 0 Å². The standard InChI is InChI=1S/C13H21NO2/c1-7-4-10(7)13(16)14-12-9-3-2-8(5-9)11(12)6-15/h7-12,15H,2-6H2,1H3,(H,14,16). The van der Waals surface area contributed by atoms with Gasteiger partial charge in [0.15, 0.2) is 0 Å². The summed E-state index contributed by atoms with van der Waals surface area (Å²) in [6, 6.07) is 0.268. The fourth-order valence-electron chi connectivity index (χ4n) is 3.86. The molecule has 0 aromatic carbocycles. The van der Waals surface area contributed by atoms with E-state index in [1.54, 1.807) is 0 Å². The zero-order chi connectivity index (χ0) is 11.3. The smallest absolute Gasteiger partial charge is 0.223 e. The van der Waals surface area contributed by atoms with Crippen LogP contribution in [0, 0.1) is 29.6 Å². The van der Waals surface area contributed by atoms with Gasteiger partial charge in [0, 0.05) is 24.5 Å². The van der Waals surface area contributed by atoms with Crippen molar-refractivity contribution >= 4 is 5.91 Å². The Morgan fingerprint density at radius 2 is 2.00 bits per heavy atom. The van der Waals surface area contributed by atoms with Gasteiger partial charge >= 0.3 is 0 Å². The van der Waals surface area contributed by atoms with Crippen molar-refractivity contribution < 1.29 is 9.90 Å². The fraction of sp³-hybridized carbons (Fsp3) is 0.923. The molecule has 3 saturated carbocycles. The normalized spacial score (nSPS) is 49.4. The number of aliphatic hydroxyl groups is 1. The summed E-state index contributed by atoms with van der Waals surface area (Å²) in [4.78, 5) is 11.9. The number of carbonyl (C=O) groups is 1. The number of carbonyl (C=O) groups excluding carboxylic acids is 1. The van der Waals surface area contributed by atoms with Crippen molar-refractivity contribution in [3.8, 4) is 0 Å². The molecule has 0 aromatic rings. The maximum atomic E-state index is 11.9. The minimum absolute atomic E-state index is 0.239. The van der Waals surface area contributed by atoms with Crippen molar-refractivity contribution in [3.05, 3.63) is 0 Å². The van der Waals surface area contributed by atoms with Gasteiger partial charge in [-0.05, 0) is 43.4 Å². The minimum atomic E-state index is 0.239. The molecule has 3 fully saturated rings. The number of rotatable bonds is 3. The minimum Gasteiger partial charge on any atom is -0.396 e. The monoisotopic (exact) mass is 223 g/mol. The van der Waals surface area contributed by atoms with E-state index in [9.17, 15) is 9.90 Å². The van der Waals surface area contributed by atoms with Crippen LogP contribution >= 0.6 is 0 Å². The highest BCUT2D eigenvalue weighted by Crippen LogP contribution is 2.48. The number of aliphatic hydroxyl groups excluding tert-OH is 1. The highest BCUT2D eigenvalue weighted by molar-refractivity contribution is 5.81. The molecule has 1 amide bonds. The molecular weight excluding hydrogens is 202 g/mol. The molecule has 2 bridgehead atoms. The van der Waals surface area contributed by atoms with Crippen molar-refractivity contribution in [1.29, 1.82) is 0 Å². The lowest BCUT2D eigenvalue weighted by Crippen LogP contribution is -2.46. The molecule has 0 heterocycles. The second kappa shape index (κ2) is 3.73. The first kappa shape index (κ1) is 10.6. The molecule has 6 unspecified atom stereocenters. The lowest BCUT2D eigenvalue weighted by Gasteiger charge is -2.30. The second-order valence-electron chi connectivity index (χ2n) is 6.03. The van der Waals surface area contributed by atoms with Crippen LogP contribution in [0.4, 0.5) is 0 Å². The predicted octanol–water partition coefficient (Wildman–Crippen LogP) is 1.17. The average molecular weight is 223 g/mol. The SMILES string of the molecule is CC1CC1C(=O)NC1C2CCC(C2)C1CO. The van der Waals surface area contributed by atoms with Gasteiger partial charge in [-0.2, -0.15) is 0 Å². The van der Waals surface area contributed by atoms with Crippen LogP contribution in [-0.4, -0.2) is 23.7 Å². The van der Waals surface area contributed by atoms with Gasteiger partial charge < -0.3 is 10.4 Å². The topological polar surface area (TPSA) is 49.3 Å². The molecule has 0 aromatic heterocycles. The summed E-state index contributed by atoms with van der Waals surface area (Å²) >= 11 is 0. The number of hydrogen-bond donors (Lipinski definition) is 2. The zero-order valence-electron chi connectivity index (χ0n) is 9.86. The molecule has 3 heteroatoms. The summed E-state index contributed by atoms with van der Waals surface area (Å²) in [5.74, 6) is 2.71. The lowest BCUT2D eigenvalue weighted by molar-refractivity contribution is -0.124. The van der Waals surface area contributed by atoms with E-state index in [1.165, 1.54) is 19.3 Å². The Morgan fingerprint density at radius 3 is 2.62 bits per heavy atom. The van der Waals surface area contributed by atoms with E-state index in [-0.39, 0.29) is 24.5 Å². The Morgan fingerprint density at radius 1 is 1.31 bits per heavy atom. The number of amides is 1. The number of hydrogen-bond acceptors (Lipinski definition) is 2. The van der Waals surface area contributed by atoms with E-state index < -0.39 is 0 Å². The van der Waals surface area contributed by atoms with Crippen LogP contribution in [0.15, 0.2) is 0 Å². The van der Waals surface area contributed by atoms with E-state index in [4.69, 9.17) is 0 Å². The van der Waals surface area contributed by atoms with Crippen LogP contribution in [0.5, 0.6) is 0 Å². The van der Waals surface area contributed by atoms with Crippen LogP contribution in [0.25, 0.3) is 0 Å². The predicted molar refractivity (Wildman–Crippen MR) is 60.6 cm³/mol. The molecule has 6 atom stereocenters. The first-order valence-corrected chi connectivity index (χ1v) is 6.62. The van der Waals surface area contributed by atoms with Gasteiger partial charge in [0.2, 0.25) is 5.91 Å². The molecule has 90 valence electrons. The van der Waals surface area contributed by atoms with Crippen LogP contribution < -0.4 is 5.32 Å². The Kier molecular flexibility index (Phi) is 2.46. The van der Waals surface area contributed by atoms with Gasteiger partial charge in [0.1, 0.15) is 0 Å². The molecular formula is C13H21NO2. The van der Waals surface area contributed by atoms with Crippen LogP contribution in [0.3, 0.4) is 0 Å². The fourth-order valence-corrected chi connectivity index (χ4v) is 3.86. The third-order valence-corrected chi connectivity index (χ3v) is 5.05. The molecule has 0 radical (unpaired) electrons. The molecule has 0 aliphatic heterocycles. The molecule has 3 rings (SSSR count). The van der Waals surface area contributed by atoms with Gasteiger partial charge in [-0.1, -0.05) is 6.92 Å². The highest BCUT2D eigenvalue weighted by Gasteiger charge is 2.49. The largest absolute Gasteiger partial charge is 0.396 e. The maximum Gasteiger partial charge on any atom is 0.223 e. The maximum absolute atomic E-state index is 11.9. The molecule has 2 N–H and O–H groups in total. The third kappa shape index (κ3) is 1.56. The van der Waals surface area contributed by atoms with E-state index in [2.05, 4.69) is 12.2 Å². The molecule has 0 spiro atoms. The molecule has 3 aliphatic carbocycles. The summed E-state index contributed by atoms with van der Waals surface area (Å²) in [5, 5.41) is 12.6. The molecule has 0 saturated heterocycles. The summed E-state index contributed by atoms with van der Waals surface area (Å²) in [6.45, 7) is 2.38. The Balaban J connectivity index is 1.63. The van der Waals surface area contributed by atoms with E-state index in [1.807, 2.05) is 0 Å². The summed E-state index contributed by atoms with van der Waals surface area (Å²) in [6.07, 6.45) is 4.77. The quantitative estimate of drug-likeness (QED) is 0.754. The first-order valence-electron chi connectivity index (χ1n) is 6.62. The van der Waals surface area contributed by atoms with E-state index >= 15 is 0 Å². The summed E-state index contributed by atoms with van der Waals surface area (Å²) in [5.41, 5.74) is 0. The molecule has 3 aliphatic rings. The van der Waals surface area contributed by atoms with Crippen molar-refractivity contribution in [2.45, 2.75) is 38.6 Å². The van der Waals surface area contributed by atoms with Gasteiger partial charge in [-0.3, -0.25) is 4.79 Å². The van der Waals surface area contributed by atoms with E-state index in [0.717, 1.165) is 6.42 Å². The van der Waals surface area contributed by atoms with Gasteiger partial charge in [0.25, 0.3) is 0 Å². The Hall–Kier alpha value is -0.570. The summed E-state index contributed by atoms with van der Waals surface area (Å²) in [7, 11) is 0. The van der Waals surface area contributed by atoms with Gasteiger partial charge in [0.05, 0.1) is 0 Å². The van der Waals surface area contributed by atoms with Crippen molar-refractivity contribution in [3.63, 3.8) is 0 Å². The highest BCUT2D eigenvalue weighted by atomic mass is 16.3. The van der Waals surface area contributed by atoms with E-state index in [0.29, 0.717) is 23.7 Å². The third-order valence-electron chi connectivity index (χ3n) is 5.05. The zero-order valence-corrected chi connectivity index (χ0v) is 9.86. The molecule has 16 heavy (non-hydrogen) atoms. The van der Waals surface area contributed by atoms with Gasteiger partial charge in [-0.15, -0.1) is 0 Å². The van der Waals surface area contributed by atoms with Crippen molar-refractivity contribution in [2.24, 2.45) is 29.6 Å². The Bertz CT molecular complexity index is 304.